The molecule has 2 rings (SSSR count). The third-order valence-corrected chi connectivity index (χ3v) is 3.47. The summed E-state index contributed by atoms with van der Waals surface area (Å²) in [7, 11) is 0. The first-order valence-electron chi connectivity index (χ1n) is 7.12. The molecule has 1 aliphatic rings. The molecule has 0 atom stereocenters. The fourth-order valence-corrected chi connectivity index (χ4v) is 2.66. The van der Waals surface area contributed by atoms with Crippen molar-refractivity contribution in [3.8, 4) is 0 Å². The summed E-state index contributed by atoms with van der Waals surface area (Å²) in [5.41, 5.74) is 2.75. The number of piperazine rings is 1. The van der Waals surface area contributed by atoms with Gasteiger partial charge in [-0.15, -0.1) is 0 Å². The first-order chi connectivity index (χ1) is 8.59. The fraction of sp³-hybridized carbons (Fsp3) is 0.786. The molecule has 4 heteroatoms. The van der Waals surface area contributed by atoms with E-state index in [2.05, 4.69) is 48.1 Å². The lowest BCUT2D eigenvalue weighted by atomic mass is 9.97. The number of anilines is 1. The highest BCUT2D eigenvalue weighted by atomic mass is 15.3. The molecule has 0 bridgehead atoms. The number of nitrogens with one attached hydrogen (secondary N) is 2. The summed E-state index contributed by atoms with van der Waals surface area (Å²) in [6.45, 7) is 13.3. The van der Waals surface area contributed by atoms with Crippen molar-refractivity contribution in [1.29, 1.82) is 0 Å². The first kappa shape index (κ1) is 13.4. The van der Waals surface area contributed by atoms with Gasteiger partial charge in [-0.3, -0.25) is 5.10 Å². The summed E-state index contributed by atoms with van der Waals surface area (Å²) in [5.74, 6) is 2.38. The average Bonchev–Trinajstić information content (AvgIpc) is 2.73. The zero-order valence-corrected chi connectivity index (χ0v) is 12.1. The van der Waals surface area contributed by atoms with Crippen molar-refractivity contribution in [2.45, 2.75) is 40.0 Å². The highest BCUT2D eigenvalue weighted by Gasteiger charge is 2.22. The molecule has 1 aromatic heterocycles. The van der Waals surface area contributed by atoms with Crippen LogP contribution in [0.25, 0.3) is 0 Å². The van der Waals surface area contributed by atoms with Gasteiger partial charge in [0.15, 0.2) is 5.82 Å². The SMILES string of the molecule is CC(C)Cc1[nH]nc(N2CCNCC2)c1C(C)C. The Kier molecular flexibility index (Phi) is 4.27. The molecule has 18 heavy (non-hydrogen) atoms. The normalized spacial score (nSPS) is 16.9. The molecule has 0 amide bonds. The van der Waals surface area contributed by atoms with E-state index in [-0.39, 0.29) is 0 Å². The Bertz CT molecular complexity index is 375. The lowest BCUT2D eigenvalue weighted by Gasteiger charge is -2.29. The van der Waals surface area contributed by atoms with Crippen LogP contribution in [0.5, 0.6) is 0 Å². The molecule has 0 unspecified atom stereocenters. The van der Waals surface area contributed by atoms with Crippen LogP contribution >= 0.6 is 0 Å². The molecule has 1 saturated heterocycles. The van der Waals surface area contributed by atoms with Crippen LogP contribution in [0.1, 0.15) is 44.9 Å². The summed E-state index contributed by atoms with van der Waals surface area (Å²) in [6, 6.07) is 0. The number of H-pyrrole nitrogens is 1. The van der Waals surface area contributed by atoms with Gasteiger partial charge in [0.25, 0.3) is 0 Å². The van der Waals surface area contributed by atoms with Crippen LogP contribution in [0.15, 0.2) is 0 Å². The van der Waals surface area contributed by atoms with E-state index in [9.17, 15) is 0 Å². The minimum absolute atomic E-state index is 0.530. The minimum Gasteiger partial charge on any atom is -0.352 e. The average molecular weight is 250 g/mol. The van der Waals surface area contributed by atoms with Gasteiger partial charge in [0.05, 0.1) is 0 Å². The van der Waals surface area contributed by atoms with Crippen LogP contribution in [-0.2, 0) is 6.42 Å². The van der Waals surface area contributed by atoms with Crippen molar-refractivity contribution in [3.05, 3.63) is 11.3 Å². The smallest absolute Gasteiger partial charge is 0.154 e. The summed E-state index contributed by atoms with van der Waals surface area (Å²) in [6.07, 6.45) is 1.09. The Balaban J connectivity index is 2.26. The number of hydrogen-bond acceptors (Lipinski definition) is 3. The number of rotatable bonds is 4. The van der Waals surface area contributed by atoms with Crippen LogP contribution in [-0.4, -0.2) is 36.4 Å². The Morgan fingerprint density at radius 3 is 2.39 bits per heavy atom. The molecule has 4 nitrogen and oxygen atoms in total. The van der Waals surface area contributed by atoms with Crippen molar-refractivity contribution >= 4 is 5.82 Å². The lowest BCUT2D eigenvalue weighted by molar-refractivity contribution is 0.582. The third-order valence-electron chi connectivity index (χ3n) is 3.47. The Hall–Kier alpha value is -1.03. The highest BCUT2D eigenvalue weighted by Crippen LogP contribution is 2.30. The van der Waals surface area contributed by atoms with E-state index in [0.29, 0.717) is 11.8 Å². The van der Waals surface area contributed by atoms with Crippen molar-refractivity contribution in [3.63, 3.8) is 0 Å². The number of nitrogens with zero attached hydrogens (tertiary/aromatic N) is 2. The van der Waals surface area contributed by atoms with E-state index >= 15 is 0 Å². The molecule has 2 heterocycles. The van der Waals surface area contributed by atoms with Gasteiger partial charge in [-0.1, -0.05) is 27.7 Å². The number of hydrogen-bond donors (Lipinski definition) is 2. The molecule has 102 valence electrons. The lowest BCUT2D eigenvalue weighted by Crippen LogP contribution is -2.44. The molecule has 0 spiro atoms. The van der Waals surface area contributed by atoms with Gasteiger partial charge >= 0.3 is 0 Å². The van der Waals surface area contributed by atoms with Crippen LogP contribution in [0.4, 0.5) is 5.82 Å². The summed E-state index contributed by atoms with van der Waals surface area (Å²) in [5, 5.41) is 11.3. The molecule has 2 N–H and O–H groups in total. The van der Waals surface area contributed by atoms with Crippen molar-refractivity contribution in [2.24, 2.45) is 5.92 Å². The van der Waals surface area contributed by atoms with Gasteiger partial charge in [-0.05, 0) is 18.3 Å². The third kappa shape index (κ3) is 2.86. The molecule has 1 aliphatic heterocycles. The predicted octanol–water partition coefficient (Wildman–Crippen LogP) is 2.14. The van der Waals surface area contributed by atoms with E-state index < -0.39 is 0 Å². The van der Waals surface area contributed by atoms with Crippen LogP contribution in [0, 0.1) is 5.92 Å². The Morgan fingerprint density at radius 1 is 1.17 bits per heavy atom. The van der Waals surface area contributed by atoms with E-state index in [1.807, 2.05) is 0 Å². The maximum Gasteiger partial charge on any atom is 0.154 e. The molecule has 0 aliphatic carbocycles. The zero-order valence-electron chi connectivity index (χ0n) is 12.1. The highest BCUT2D eigenvalue weighted by molar-refractivity contribution is 5.51. The predicted molar refractivity (Wildman–Crippen MR) is 76.3 cm³/mol. The van der Waals surface area contributed by atoms with Gasteiger partial charge in [-0.2, -0.15) is 5.10 Å². The molecule has 0 saturated carbocycles. The van der Waals surface area contributed by atoms with Crippen LogP contribution in [0.3, 0.4) is 0 Å². The van der Waals surface area contributed by atoms with Gasteiger partial charge in [0.1, 0.15) is 0 Å². The van der Waals surface area contributed by atoms with E-state index in [0.717, 1.165) is 32.6 Å². The molecule has 0 radical (unpaired) electrons. The van der Waals surface area contributed by atoms with Crippen LogP contribution in [0.2, 0.25) is 0 Å². The summed E-state index contributed by atoms with van der Waals surface area (Å²) < 4.78 is 0. The quantitative estimate of drug-likeness (QED) is 0.860. The van der Waals surface area contributed by atoms with E-state index in [1.165, 1.54) is 17.1 Å². The van der Waals surface area contributed by atoms with Gasteiger partial charge in [0.2, 0.25) is 0 Å². The molecule has 1 fully saturated rings. The summed E-state index contributed by atoms with van der Waals surface area (Å²) >= 11 is 0. The second kappa shape index (κ2) is 5.74. The standard InChI is InChI=1S/C14H26N4/c1-10(2)9-12-13(11(3)4)14(17-16-12)18-7-5-15-6-8-18/h10-11,15H,5-9H2,1-4H3,(H,16,17). The second-order valence-electron chi connectivity index (χ2n) is 5.93. The maximum absolute atomic E-state index is 4.59. The number of aromatic amines is 1. The molecule has 1 aromatic rings. The second-order valence-corrected chi connectivity index (χ2v) is 5.93. The molecular formula is C14H26N4. The molecule has 0 aromatic carbocycles. The van der Waals surface area contributed by atoms with Crippen molar-refractivity contribution in [2.75, 3.05) is 31.1 Å². The van der Waals surface area contributed by atoms with Crippen molar-refractivity contribution < 1.29 is 0 Å². The fourth-order valence-electron chi connectivity index (χ4n) is 2.66. The summed E-state index contributed by atoms with van der Waals surface area (Å²) in [4.78, 5) is 2.41. The van der Waals surface area contributed by atoms with Gasteiger partial charge in [-0.25, -0.2) is 0 Å². The minimum atomic E-state index is 0.530. The van der Waals surface area contributed by atoms with Crippen molar-refractivity contribution in [1.82, 2.24) is 15.5 Å². The Morgan fingerprint density at radius 2 is 1.83 bits per heavy atom. The van der Waals surface area contributed by atoms with E-state index in [1.54, 1.807) is 0 Å². The van der Waals surface area contributed by atoms with E-state index in [4.69, 9.17) is 0 Å². The first-order valence-corrected chi connectivity index (χ1v) is 7.12. The van der Waals surface area contributed by atoms with Crippen LogP contribution < -0.4 is 10.2 Å². The monoisotopic (exact) mass is 250 g/mol. The topological polar surface area (TPSA) is 44.0 Å². The zero-order chi connectivity index (χ0) is 13.1. The number of aromatic nitrogens is 2. The maximum atomic E-state index is 4.59. The van der Waals surface area contributed by atoms with Gasteiger partial charge in [0, 0.05) is 37.4 Å². The largest absolute Gasteiger partial charge is 0.352 e. The molecular weight excluding hydrogens is 224 g/mol. The Labute approximate surface area is 110 Å². The van der Waals surface area contributed by atoms with Gasteiger partial charge < -0.3 is 10.2 Å².